The maximum Gasteiger partial charge on any atom is 0.273 e. The Balaban J connectivity index is 1.39. The summed E-state index contributed by atoms with van der Waals surface area (Å²) in [4.78, 5) is 42.7. The lowest BCUT2D eigenvalue weighted by atomic mass is 10.1. The first-order chi connectivity index (χ1) is 17.8. The van der Waals surface area contributed by atoms with E-state index < -0.39 is 0 Å². The third kappa shape index (κ3) is 5.20. The van der Waals surface area contributed by atoms with E-state index in [0.717, 1.165) is 37.4 Å². The molecular weight excluding hydrogens is 470 g/mol. The second-order valence-electron chi connectivity index (χ2n) is 10.3. The highest BCUT2D eigenvalue weighted by Crippen LogP contribution is 2.33. The van der Waals surface area contributed by atoms with E-state index in [-0.39, 0.29) is 23.9 Å². The summed E-state index contributed by atoms with van der Waals surface area (Å²) in [7, 11) is 0. The fourth-order valence-corrected chi connectivity index (χ4v) is 5.16. The van der Waals surface area contributed by atoms with Gasteiger partial charge in [-0.3, -0.25) is 9.59 Å². The zero-order valence-corrected chi connectivity index (χ0v) is 22.2. The summed E-state index contributed by atoms with van der Waals surface area (Å²) >= 11 is 0. The van der Waals surface area contributed by atoms with Crippen molar-refractivity contribution >= 4 is 29.3 Å². The molecule has 1 aromatic carbocycles. The SMILES string of the molecule is CC(=O)N1CCN(c2nc(NC(C)c3ccc(N4CCOCC4)cc3)c3c(n2)C(=O)N(C(C)C)C3)CC1. The van der Waals surface area contributed by atoms with E-state index in [4.69, 9.17) is 14.7 Å². The van der Waals surface area contributed by atoms with Crippen LogP contribution >= 0.6 is 0 Å². The van der Waals surface area contributed by atoms with Crippen LogP contribution in [0.1, 0.15) is 55.4 Å². The van der Waals surface area contributed by atoms with Gasteiger partial charge in [-0.05, 0) is 38.5 Å². The summed E-state index contributed by atoms with van der Waals surface area (Å²) in [5, 5.41) is 3.59. The molecule has 0 spiro atoms. The molecule has 2 fully saturated rings. The van der Waals surface area contributed by atoms with Gasteiger partial charge in [-0.25, -0.2) is 4.98 Å². The van der Waals surface area contributed by atoms with Crippen LogP contribution in [0.5, 0.6) is 0 Å². The zero-order chi connectivity index (χ0) is 26.1. The van der Waals surface area contributed by atoms with Crippen LogP contribution in [0.4, 0.5) is 17.5 Å². The molecule has 0 radical (unpaired) electrons. The number of fused-ring (bicyclic) bond motifs is 1. The first kappa shape index (κ1) is 25.3. The van der Waals surface area contributed by atoms with Gasteiger partial charge in [-0.2, -0.15) is 4.98 Å². The lowest BCUT2D eigenvalue weighted by Gasteiger charge is -2.34. The lowest BCUT2D eigenvalue weighted by molar-refractivity contribution is -0.129. The van der Waals surface area contributed by atoms with Gasteiger partial charge in [-0.1, -0.05) is 12.1 Å². The first-order valence-corrected chi connectivity index (χ1v) is 13.2. The molecule has 3 aliphatic rings. The predicted octanol–water partition coefficient (Wildman–Crippen LogP) is 2.52. The predicted molar refractivity (Wildman–Crippen MR) is 143 cm³/mol. The maximum atomic E-state index is 13.2. The van der Waals surface area contributed by atoms with Crippen LogP contribution < -0.4 is 15.1 Å². The van der Waals surface area contributed by atoms with E-state index in [1.54, 1.807) is 6.92 Å². The summed E-state index contributed by atoms with van der Waals surface area (Å²) in [5.74, 6) is 1.27. The van der Waals surface area contributed by atoms with Crippen LogP contribution in [0.25, 0.3) is 0 Å². The Bertz CT molecular complexity index is 1140. The van der Waals surface area contributed by atoms with Gasteiger partial charge < -0.3 is 29.7 Å². The van der Waals surface area contributed by atoms with Crippen molar-refractivity contribution in [2.45, 2.75) is 46.3 Å². The van der Waals surface area contributed by atoms with Gasteiger partial charge in [0.2, 0.25) is 11.9 Å². The number of anilines is 3. The molecule has 1 N–H and O–H groups in total. The normalized spacial score (nSPS) is 18.9. The van der Waals surface area contributed by atoms with Gasteiger partial charge in [-0.15, -0.1) is 0 Å². The number of carbonyl (C=O) groups is 2. The Morgan fingerprint density at radius 3 is 2.24 bits per heavy atom. The molecule has 1 aromatic heterocycles. The van der Waals surface area contributed by atoms with Gasteiger partial charge >= 0.3 is 0 Å². The molecule has 0 aliphatic carbocycles. The van der Waals surface area contributed by atoms with Crippen LogP contribution in [0.15, 0.2) is 24.3 Å². The van der Waals surface area contributed by atoms with Crippen molar-refractivity contribution in [1.29, 1.82) is 0 Å². The highest BCUT2D eigenvalue weighted by atomic mass is 16.5. The van der Waals surface area contributed by atoms with Gasteiger partial charge in [0.15, 0.2) is 0 Å². The van der Waals surface area contributed by atoms with Crippen LogP contribution in [0.3, 0.4) is 0 Å². The average molecular weight is 508 g/mol. The summed E-state index contributed by atoms with van der Waals surface area (Å²) in [6.45, 7) is 14.1. The number of nitrogens with zero attached hydrogens (tertiary/aromatic N) is 6. The molecule has 3 aliphatic heterocycles. The Hall–Kier alpha value is -3.40. The quantitative estimate of drug-likeness (QED) is 0.638. The van der Waals surface area contributed by atoms with E-state index >= 15 is 0 Å². The lowest BCUT2D eigenvalue weighted by Crippen LogP contribution is -2.48. The van der Waals surface area contributed by atoms with Crippen molar-refractivity contribution in [3.63, 3.8) is 0 Å². The molecule has 10 heteroatoms. The average Bonchev–Trinajstić information content (AvgIpc) is 3.26. The fourth-order valence-electron chi connectivity index (χ4n) is 5.16. The first-order valence-electron chi connectivity index (χ1n) is 13.2. The van der Waals surface area contributed by atoms with E-state index in [2.05, 4.69) is 46.3 Å². The molecule has 0 saturated carbocycles. The number of carbonyl (C=O) groups excluding carboxylic acids is 2. The van der Waals surface area contributed by atoms with Crippen molar-refractivity contribution in [1.82, 2.24) is 19.8 Å². The smallest absolute Gasteiger partial charge is 0.273 e. The summed E-state index contributed by atoms with van der Waals surface area (Å²) in [6, 6.07) is 8.68. The molecule has 1 unspecified atom stereocenters. The summed E-state index contributed by atoms with van der Waals surface area (Å²) in [6.07, 6.45) is 0. The molecule has 198 valence electrons. The molecule has 0 bridgehead atoms. The Kier molecular flexibility index (Phi) is 7.19. The van der Waals surface area contributed by atoms with E-state index in [9.17, 15) is 9.59 Å². The van der Waals surface area contributed by atoms with Crippen LogP contribution in [-0.2, 0) is 16.1 Å². The Labute approximate surface area is 218 Å². The minimum absolute atomic E-state index is 0.0108. The van der Waals surface area contributed by atoms with Crippen molar-refractivity contribution in [3.8, 4) is 0 Å². The van der Waals surface area contributed by atoms with Crippen LogP contribution in [0.2, 0.25) is 0 Å². The van der Waals surface area contributed by atoms with E-state index in [0.29, 0.717) is 50.2 Å². The number of hydrogen-bond acceptors (Lipinski definition) is 8. The second kappa shape index (κ2) is 10.5. The molecule has 10 nitrogen and oxygen atoms in total. The molecule has 2 saturated heterocycles. The molecule has 4 heterocycles. The third-order valence-electron chi connectivity index (χ3n) is 7.54. The number of rotatable bonds is 6. The molecule has 1 atom stereocenters. The largest absolute Gasteiger partial charge is 0.378 e. The van der Waals surface area contributed by atoms with Crippen molar-refractivity contribution in [2.24, 2.45) is 0 Å². The van der Waals surface area contributed by atoms with Gasteiger partial charge in [0.05, 0.1) is 19.8 Å². The number of aromatic nitrogens is 2. The van der Waals surface area contributed by atoms with E-state index in [1.807, 2.05) is 23.6 Å². The van der Waals surface area contributed by atoms with Gasteiger partial charge in [0.25, 0.3) is 5.91 Å². The van der Waals surface area contributed by atoms with Crippen molar-refractivity contribution < 1.29 is 14.3 Å². The zero-order valence-electron chi connectivity index (χ0n) is 22.2. The summed E-state index contributed by atoms with van der Waals surface area (Å²) < 4.78 is 5.47. The molecule has 2 aromatic rings. The van der Waals surface area contributed by atoms with Crippen molar-refractivity contribution in [2.75, 3.05) is 67.6 Å². The van der Waals surface area contributed by atoms with Crippen LogP contribution in [0, 0.1) is 0 Å². The molecule has 5 rings (SSSR count). The molecule has 2 amide bonds. The molecule has 37 heavy (non-hydrogen) atoms. The fraction of sp³-hybridized carbons (Fsp3) is 0.556. The minimum atomic E-state index is -0.0541. The highest BCUT2D eigenvalue weighted by Gasteiger charge is 2.35. The number of benzene rings is 1. The maximum absolute atomic E-state index is 13.2. The number of piperazine rings is 1. The molecular formula is C27H37N7O3. The summed E-state index contributed by atoms with van der Waals surface area (Å²) in [5.41, 5.74) is 3.67. The third-order valence-corrected chi connectivity index (χ3v) is 7.54. The number of amides is 2. The van der Waals surface area contributed by atoms with Gasteiger partial charge in [0.1, 0.15) is 11.5 Å². The minimum Gasteiger partial charge on any atom is -0.378 e. The number of morpholine rings is 1. The monoisotopic (exact) mass is 507 g/mol. The number of ether oxygens (including phenoxy) is 1. The number of nitrogens with one attached hydrogen (secondary N) is 1. The Morgan fingerprint density at radius 2 is 1.62 bits per heavy atom. The topological polar surface area (TPSA) is 94.1 Å². The number of hydrogen-bond donors (Lipinski definition) is 1. The van der Waals surface area contributed by atoms with E-state index in [1.165, 1.54) is 5.69 Å². The van der Waals surface area contributed by atoms with Crippen LogP contribution in [-0.4, -0.2) is 90.1 Å². The standard InChI is InChI=1S/C27H37N7O3/c1-18(2)34-17-23-24(26(34)36)29-27(33-11-9-31(10-12-33)20(4)35)30-25(23)28-19(3)21-5-7-22(8-6-21)32-13-15-37-16-14-32/h5-8,18-19H,9-17H2,1-4H3,(H,28,29,30). The highest BCUT2D eigenvalue weighted by molar-refractivity contribution is 5.98. The van der Waals surface area contributed by atoms with Crippen molar-refractivity contribution in [3.05, 3.63) is 41.1 Å². The Morgan fingerprint density at radius 1 is 0.946 bits per heavy atom. The van der Waals surface area contributed by atoms with Gasteiger partial charge in [0, 0.05) is 69.5 Å². The second-order valence-corrected chi connectivity index (χ2v) is 10.3.